The van der Waals surface area contributed by atoms with Gasteiger partial charge in [0, 0.05) is 25.0 Å². The molecule has 1 saturated carbocycles. The van der Waals surface area contributed by atoms with Gasteiger partial charge >= 0.3 is 0 Å². The third-order valence-electron chi connectivity index (χ3n) is 3.20. The molecule has 3 nitrogen and oxygen atoms in total. The lowest BCUT2D eigenvalue weighted by molar-refractivity contribution is -0.134. The van der Waals surface area contributed by atoms with Gasteiger partial charge in [-0.05, 0) is 25.2 Å². The lowest BCUT2D eigenvalue weighted by Gasteiger charge is -2.31. The normalized spacial score (nSPS) is 38.9. The molecule has 0 aromatic carbocycles. The number of nitrogens with zero attached hydrogens (tertiary/aromatic N) is 1. The topological polar surface area (TPSA) is 46.3 Å². The molecule has 74 valence electrons. The first-order valence-corrected chi connectivity index (χ1v) is 5.23. The molecule has 2 rings (SSSR count). The predicted molar refractivity (Wildman–Crippen MR) is 51.1 cm³/mol. The van der Waals surface area contributed by atoms with Crippen molar-refractivity contribution in [2.45, 2.75) is 32.2 Å². The Bertz CT molecular complexity index is 217. The number of nitrogens with two attached hydrogens (primary N) is 1. The zero-order valence-electron chi connectivity index (χ0n) is 8.20. The molecule has 2 unspecified atom stereocenters. The summed E-state index contributed by atoms with van der Waals surface area (Å²) in [6.07, 6.45) is 3.24. The molecule has 1 heterocycles. The van der Waals surface area contributed by atoms with Gasteiger partial charge in [0.1, 0.15) is 0 Å². The number of hydrogen-bond donors (Lipinski definition) is 1. The van der Waals surface area contributed by atoms with Crippen LogP contribution in [-0.4, -0.2) is 29.9 Å². The van der Waals surface area contributed by atoms with Gasteiger partial charge in [0.05, 0.1) is 0 Å². The fourth-order valence-corrected chi connectivity index (χ4v) is 2.11. The molecule has 0 bridgehead atoms. The summed E-state index contributed by atoms with van der Waals surface area (Å²) in [6, 6.07) is 0.215. The van der Waals surface area contributed by atoms with Crippen LogP contribution in [0.4, 0.5) is 0 Å². The Morgan fingerprint density at radius 3 is 2.77 bits per heavy atom. The third kappa shape index (κ3) is 1.85. The van der Waals surface area contributed by atoms with E-state index in [0.717, 1.165) is 32.4 Å². The molecule has 3 heteroatoms. The van der Waals surface area contributed by atoms with Crippen LogP contribution < -0.4 is 5.73 Å². The first-order chi connectivity index (χ1) is 6.18. The Hall–Kier alpha value is -0.570. The second-order valence-electron chi connectivity index (χ2n) is 4.51. The van der Waals surface area contributed by atoms with E-state index < -0.39 is 0 Å². The minimum absolute atomic E-state index is 0.215. The number of hydrogen-bond acceptors (Lipinski definition) is 2. The van der Waals surface area contributed by atoms with Crippen molar-refractivity contribution in [3.63, 3.8) is 0 Å². The van der Waals surface area contributed by atoms with Crippen molar-refractivity contribution in [2.75, 3.05) is 13.1 Å². The van der Waals surface area contributed by atoms with Crippen LogP contribution in [0.1, 0.15) is 26.2 Å². The standard InChI is InChI=1S/C10H18N2O/c1-7-5-9(7)10(13)12-4-2-3-8(11)6-12/h7-9H,2-6,11H2,1H3/t7?,8-,9?/m1/s1. The van der Waals surface area contributed by atoms with Crippen LogP contribution in [0.25, 0.3) is 0 Å². The summed E-state index contributed by atoms with van der Waals surface area (Å²) in [4.78, 5) is 13.7. The van der Waals surface area contributed by atoms with Gasteiger partial charge in [0.15, 0.2) is 0 Å². The third-order valence-corrected chi connectivity index (χ3v) is 3.20. The van der Waals surface area contributed by atoms with Gasteiger partial charge in [-0.15, -0.1) is 0 Å². The molecule has 3 atom stereocenters. The second kappa shape index (κ2) is 3.29. The van der Waals surface area contributed by atoms with Gasteiger partial charge in [-0.1, -0.05) is 6.92 Å². The zero-order chi connectivity index (χ0) is 9.42. The van der Waals surface area contributed by atoms with Crippen molar-refractivity contribution in [3.05, 3.63) is 0 Å². The summed E-state index contributed by atoms with van der Waals surface area (Å²) >= 11 is 0. The molecule has 1 aliphatic carbocycles. The molecule has 1 aliphatic heterocycles. The van der Waals surface area contributed by atoms with Crippen LogP contribution in [0.15, 0.2) is 0 Å². The smallest absolute Gasteiger partial charge is 0.226 e. The lowest BCUT2D eigenvalue weighted by atomic mass is 10.1. The SMILES string of the molecule is CC1CC1C(=O)N1CCC[C@@H](N)C1. The van der Waals surface area contributed by atoms with Crippen molar-refractivity contribution in [1.82, 2.24) is 4.90 Å². The van der Waals surface area contributed by atoms with Gasteiger partial charge in [0.25, 0.3) is 0 Å². The number of carbonyl (C=O) groups excluding carboxylic acids is 1. The maximum absolute atomic E-state index is 11.8. The monoisotopic (exact) mass is 182 g/mol. The molecule has 2 fully saturated rings. The summed E-state index contributed by atoms with van der Waals surface area (Å²) in [5.41, 5.74) is 5.82. The summed E-state index contributed by atoms with van der Waals surface area (Å²) in [7, 11) is 0. The molecule has 13 heavy (non-hydrogen) atoms. The Labute approximate surface area is 79.3 Å². The second-order valence-corrected chi connectivity index (χ2v) is 4.51. The van der Waals surface area contributed by atoms with Gasteiger partial charge in [-0.25, -0.2) is 0 Å². The Morgan fingerprint density at radius 1 is 1.54 bits per heavy atom. The van der Waals surface area contributed by atoms with Crippen LogP contribution >= 0.6 is 0 Å². The van der Waals surface area contributed by atoms with Crippen LogP contribution in [-0.2, 0) is 4.79 Å². The van der Waals surface area contributed by atoms with Crippen molar-refractivity contribution in [2.24, 2.45) is 17.6 Å². The first kappa shape index (κ1) is 9.00. The zero-order valence-corrected chi connectivity index (χ0v) is 8.20. The van der Waals surface area contributed by atoms with Crippen LogP contribution in [0.2, 0.25) is 0 Å². The average molecular weight is 182 g/mol. The summed E-state index contributed by atoms with van der Waals surface area (Å²) < 4.78 is 0. The Morgan fingerprint density at radius 2 is 2.23 bits per heavy atom. The molecular formula is C10H18N2O. The first-order valence-electron chi connectivity index (χ1n) is 5.23. The highest BCUT2D eigenvalue weighted by atomic mass is 16.2. The summed E-state index contributed by atoms with van der Waals surface area (Å²) in [5, 5.41) is 0. The van der Waals surface area contributed by atoms with Crippen LogP contribution in [0.3, 0.4) is 0 Å². The number of amides is 1. The van der Waals surface area contributed by atoms with E-state index in [0.29, 0.717) is 17.7 Å². The van der Waals surface area contributed by atoms with Crippen molar-refractivity contribution >= 4 is 5.91 Å². The molecule has 1 saturated heterocycles. The van der Waals surface area contributed by atoms with Crippen LogP contribution in [0, 0.1) is 11.8 Å². The van der Waals surface area contributed by atoms with E-state index in [2.05, 4.69) is 6.92 Å². The van der Waals surface area contributed by atoms with E-state index in [-0.39, 0.29) is 6.04 Å². The van der Waals surface area contributed by atoms with E-state index >= 15 is 0 Å². The minimum Gasteiger partial charge on any atom is -0.341 e. The van der Waals surface area contributed by atoms with Gasteiger partial charge in [-0.2, -0.15) is 0 Å². The highest BCUT2D eigenvalue weighted by Gasteiger charge is 2.41. The van der Waals surface area contributed by atoms with E-state index in [1.807, 2.05) is 4.90 Å². The Kier molecular flexibility index (Phi) is 2.28. The van der Waals surface area contributed by atoms with Crippen molar-refractivity contribution < 1.29 is 4.79 Å². The molecule has 2 N–H and O–H groups in total. The molecule has 0 spiro atoms. The molecule has 0 radical (unpaired) electrons. The number of rotatable bonds is 1. The highest BCUT2D eigenvalue weighted by Crippen LogP contribution is 2.39. The van der Waals surface area contributed by atoms with Crippen molar-refractivity contribution in [3.8, 4) is 0 Å². The fraction of sp³-hybridized carbons (Fsp3) is 0.900. The summed E-state index contributed by atoms with van der Waals surface area (Å²) in [6.45, 7) is 3.85. The average Bonchev–Trinajstić information content (AvgIpc) is 2.81. The van der Waals surface area contributed by atoms with Crippen LogP contribution in [0.5, 0.6) is 0 Å². The number of likely N-dealkylation sites (tertiary alicyclic amines) is 1. The summed E-state index contributed by atoms with van der Waals surface area (Å²) in [5.74, 6) is 1.29. The highest BCUT2D eigenvalue weighted by molar-refractivity contribution is 5.81. The lowest BCUT2D eigenvalue weighted by Crippen LogP contribution is -2.46. The molecule has 0 aromatic rings. The van der Waals surface area contributed by atoms with Gasteiger partial charge in [0.2, 0.25) is 5.91 Å². The largest absolute Gasteiger partial charge is 0.341 e. The van der Waals surface area contributed by atoms with E-state index in [4.69, 9.17) is 5.73 Å². The fourth-order valence-electron chi connectivity index (χ4n) is 2.11. The number of carbonyl (C=O) groups is 1. The van der Waals surface area contributed by atoms with Crippen molar-refractivity contribution in [1.29, 1.82) is 0 Å². The molecular weight excluding hydrogens is 164 g/mol. The molecule has 1 amide bonds. The maximum atomic E-state index is 11.8. The molecule has 2 aliphatic rings. The van der Waals surface area contributed by atoms with E-state index in [1.54, 1.807) is 0 Å². The Balaban J connectivity index is 1.88. The minimum atomic E-state index is 0.215. The predicted octanol–water partition coefficient (Wildman–Crippen LogP) is 0.592. The van der Waals surface area contributed by atoms with Gasteiger partial charge in [-0.3, -0.25) is 4.79 Å². The van der Waals surface area contributed by atoms with Gasteiger partial charge < -0.3 is 10.6 Å². The van der Waals surface area contributed by atoms with E-state index in [9.17, 15) is 4.79 Å². The quantitative estimate of drug-likeness (QED) is 0.645. The number of piperidine rings is 1. The maximum Gasteiger partial charge on any atom is 0.226 e. The van der Waals surface area contributed by atoms with E-state index in [1.165, 1.54) is 0 Å². The molecule has 0 aromatic heterocycles.